The first-order valence-corrected chi connectivity index (χ1v) is 7.39. The molecule has 1 heterocycles. The highest BCUT2D eigenvalue weighted by Gasteiger charge is 2.27. The largest absolute Gasteiger partial charge is 0.335 e. The Bertz CT molecular complexity index is 533. The average Bonchev–Trinajstić information content (AvgIpc) is 2.40. The van der Waals surface area contributed by atoms with Crippen LogP contribution in [0.5, 0.6) is 0 Å². The second-order valence-corrected chi connectivity index (χ2v) is 5.88. The summed E-state index contributed by atoms with van der Waals surface area (Å²) in [6, 6.07) is 7.27. The number of amides is 2. The lowest BCUT2D eigenvalue weighted by Crippen LogP contribution is -2.52. The number of nitrogens with zero attached hydrogens (tertiary/aromatic N) is 2. The molecule has 2 amide bonds. The summed E-state index contributed by atoms with van der Waals surface area (Å²) in [5.74, 6) is -0.0972. The van der Waals surface area contributed by atoms with Crippen LogP contribution in [0.4, 0.5) is 0 Å². The number of rotatable bonds is 4. The van der Waals surface area contributed by atoms with Crippen LogP contribution in [0.2, 0.25) is 5.02 Å². The zero-order chi connectivity index (χ0) is 15.4. The maximum absolute atomic E-state index is 12.2. The fourth-order valence-corrected chi connectivity index (χ4v) is 2.56. The van der Waals surface area contributed by atoms with Crippen molar-refractivity contribution in [2.24, 2.45) is 5.73 Å². The summed E-state index contributed by atoms with van der Waals surface area (Å²) in [7, 11) is 0. The van der Waals surface area contributed by atoms with Crippen LogP contribution < -0.4 is 5.73 Å². The molecule has 5 nitrogen and oxygen atoms in total. The topological polar surface area (TPSA) is 66.6 Å². The van der Waals surface area contributed by atoms with Crippen molar-refractivity contribution in [3.63, 3.8) is 0 Å². The van der Waals surface area contributed by atoms with Crippen molar-refractivity contribution < 1.29 is 9.59 Å². The second kappa shape index (κ2) is 6.91. The van der Waals surface area contributed by atoms with Gasteiger partial charge in [-0.3, -0.25) is 9.59 Å². The number of piperazine rings is 1. The standard InChI is InChI=1S/C15H20ClN3O2/c1-11(17)7-14(20)19-6-5-18(15(21)10-19)9-12-3-2-4-13(16)8-12/h2-4,8,11H,5-7,9-10,17H2,1H3. The minimum absolute atomic E-state index is 0.0424. The van der Waals surface area contributed by atoms with Gasteiger partial charge in [0.05, 0.1) is 6.54 Å². The molecule has 1 unspecified atom stereocenters. The van der Waals surface area contributed by atoms with E-state index in [-0.39, 0.29) is 30.8 Å². The predicted octanol–water partition coefficient (Wildman–Crippen LogP) is 1.25. The molecule has 2 rings (SSSR count). The van der Waals surface area contributed by atoms with Gasteiger partial charge >= 0.3 is 0 Å². The van der Waals surface area contributed by atoms with Crippen molar-refractivity contribution in [2.45, 2.75) is 25.9 Å². The molecule has 2 N–H and O–H groups in total. The van der Waals surface area contributed by atoms with Crippen LogP contribution >= 0.6 is 11.6 Å². The van der Waals surface area contributed by atoms with E-state index in [4.69, 9.17) is 17.3 Å². The van der Waals surface area contributed by atoms with Gasteiger partial charge in [0, 0.05) is 37.1 Å². The maximum Gasteiger partial charge on any atom is 0.242 e. The van der Waals surface area contributed by atoms with Crippen LogP contribution in [-0.4, -0.2) is 47.3 Å². The second-order valence-electron chi connectivity index (χ2n) is 5.44. The predicted molar refractivity (Wildman–Crippen MR) is 81.7 cm³/mol. The lowest BCUT2D eigenvalue weighted by atomic mass is 10.1. The molecule has 1 aliphatic rings. The van der Waals surface area contributed by atoms with E-state index >= 15 is 0 Å². The first-order valence-electron chi connectivity index (χ1n) is 7.01. The first-order chi connectivity index (χ1) is 9.95. The summed E-state index contributed by atoms with van der Waals surface area (Å²) in [6.07, 6.45) is 0.279. The van der Waals surface area contributed by atoms with E-state index in [2.05, 4.69) is 0 Å². The highest BCUT2D eigenvalue weighted by atomic mass is 35.5. The lowest BCUT2D eigenvalue weighted by molar-refractivity contribution is -0.145. The van der Waals surface area contributed by atoms with Crippen molar-refractivity contribution >= 4 is 23.4 Å². The molecule has 0 saturated carbocycles. The molecule has 0 aliphatic carbocycles. The number of halogens is 1. The number of nitrogens with two attached hydrogens (primary N) is 1. The molecular weight excluding hydrogens is 290 g/mol. The van der Waals surface area contributed by atoms with Crippen molar-refractivity contribution in [2.75, 3.05) is 19.6 Å². The third-order valence-corrected chi connectivity index (χ3v) is 3.67. The monoisotopic (exact) mass is 309 g/mol. The Balaban J connectivity index is 1.92. The normalized spacial score (nSPS) is 17.0. The fourth-order valence-electron chi connectivity index (χ4n) is 2.35. The molecule has 1 aromatic carbocycles. The molecule has 0 aromatic heterocycles. The first kappa shape index (κ1) is 15.8. The van der Waals surface area contributed by atoms with Gasteiger partial charge in [-0.15, -0.1) is 0 Å². The van der Waals surface area contributed by atoms with Crippen LogP contribution in [0.3, 0.4) is 0 Å². The lowest BCUT2D eigenvalue weighted by Gasteiger charge is -2.34. The van der Waals surface area contributed by atoms with Crippen LogP contribution in [0.25, 0.3) is 0 Å². The highest BCUT2D eigenvalue weighted by molar-refractivity contribution is 6.30. The molecule has 1 aromatic rings. The van der Waals surface area contributed by atoms with E-state index in [0.717, 1.165) is 5.56 Å². The maximum atomic E-state index is 12.2. The number of benzene rings is 1. The van der Waals surface area contributed by atoms with E-state index < -0.39 is 0 Å². The van der Waals surface area contributed by atoms with Crippen molar-refractivity contribution in [3.8, 4) is 0 Å². The summed E-state index contributed by atoms with van der Waals surface area (Å²) >= 11 is 5.94. The molecule has 1 saturated heterocycles. The van der Waals surface area contributed by atoms with Gasteiger partial charge < -0.3 is 15.5 Å². The number of carbonyl (C=O) groups is 2. The van der Waals surface area contributed by atoms with Gasteiger partial charge in [0.15, 0.2) is 0 Å². The van der Waals surface area contributed by atoms with Gasteiger partial charge in [0.25, 0.3) is 0 Å². The molecular formula is C15H20ClN3O2. The molecule has 0 bridgehead atoms. The Morgan fingerprint density at radius 2 is 2.19 bits per heavy atom. The molecule has 0 spiro atoms. The molecule has 1 atom stereocenters. The van der Waals surface area contributed by atoms with Gasteiger partial charge in [-0.25, -0.2) is 0 Å². The number of hydrogen-bond acceptors (Lipinski definition) is 3. The Morgan fingerprint density at radius 1 is 1.43 bits per heavy atom. The Kier molecular flexibility index (Phi) is 5.20. The van der Waals surface area contributed by atoms with Crippen molar-refractivity contribution in [3.05, 3.63) is 34.9 Å². The SMILES string of the molecule is CC(N)CC(=O)N1CCN(Cc2cccc(Cl)c2)C(=O)C1. The van der Waals surface area contributed by atoms with Crippen LogP contribution in [0.1, 0.15) is 18.9 Å². The van der Waals surface area contributed by atoms with E-state index in [0.29, 0.717) is 24.7 Å². The Hall–Kier alpha value is -1.59. The summed E-state index contributed by atoms with van der Waals surface area (Å²) in [5, 5.41) is 0.658. The van der Waals surface area contributed by atoms with Gasteiger partial charge in [0.1, 0.15) is 0 Å². The fraction of sp³-hybridized carbons (Fsp3) is 0.467. The molecule has 21 heavy (non-hydrogen) atoms. The summed E-state index contributed by atoms with van der Waals surface area (Å²) in [6.45, 7) is 3.53. The van der Waals surface area contributed by atoms with E-state index in [9.17, 15) is 9.59 Å². The number of hydrogen-bond donors (Lipinski definition) is 1. The highest BCUT2D eigenvalue weighted by Crippen LogP contribution is 2.15. The number of carbonyl (C=O) groups excluding carboxylic acids is 2. The molecule has 6 heteroatoms. The van der Waals surface area contributed by atoms with Gasteiger partial charge in [-0.2, -0.15) is 0 Å². The minimum Gasteiger partial charge on any atom is -0.335 e. The zero-order valence-corrected chi connectivity index (χ0v) is 12.8. The summed E-state index contributed by atoms with van der Waals surface area (Å²) in [4.78, 5) is 27.4. The van der Waals surface area contributed by atoms with Crippen molar-refractivity contribution in [1.82, 2.24) is 9.80 Å². The van der Waals surface area contributed by atoms with Crippen molar-refractivity contribution in [1.29, 1.82) is 0 Å². The summed E-state index contributed by atoms with van der Waals surface area (Å²) in [5.41, 5.74) is 6.61. The molecule has 0 radical (unpaired) electrons. The quantitative estimate of drug-likeness (QED) is 0.910. The molecule has 114 valence electrons. The third kappa shape index (κ3) is 4.44. The Labute approximate surface area is 129 Å². The molecule has 1 fully saturated rings. The zero-order valence-electron chi connectivity index (χ0n) is 12.1. The van der Waals surface area contributed by atoms with Crippen LogP contribution in [0.15, 0.2) is 24.3 Å². The van der Waals surface area contributed by atoms with Crippen LogP contribution in [-0.2, 0) is 16.1 Å². The third-order valence-electron chi connectivity index (χ3n) is 3.43. The average molecular weight is 310 g/mol. The van der Waals surface area contributed by atoms with Gasteiger partial charge in [0.2, 0.25) is 11.8 Å². The minimum atomic E-state index is -0.183. The smallest absolute Gasteiger partial charge is 0.242 e. The Morgan fingerprint density at radius 3 is 2.81 bits per heavy atom. The van der Waals surface area contributed by atoms with E-state index in [1.807, 2.05) is 18.2 Å². The van der Waals surface area contributed by atoms with E-state index in [1.54, 1.807) is 22.8 Å². The molecule has 1 aliphatic heterocycles. The summed E-state index contributed by atoms with van der Waals surface area (Å²) < 4.78 is 0. The van der Waals surface area contributed by atoms with Crippen LogP contribution in [0, 0.1) is 0 Å². The van der Waals surface area contributed by atoms with Gasteiger partial charge in [-0.1, -0.05) is 23.7 Å². The van der Waals surface area contributed by atoms with E-state index in [1.165, 1.54) is 0 Å². The van der Waals surface area contributed by atoms with Gasteiger partial charge in [-0.05, 0) is 24.6 Å².